The Morgan fingerprint density at radius 1 is 1.02 bits per heavy atom. The van der Waals surface area contributed by atoms with Crippen LogP contribution in [-0.2, 0) is 6.54 Å². The van der Waals surface area contributed by atoms with E-state index in [-0.39, 0.29) is 5.56 Å². The molecule has 1 saturated heterocycles. The molecule has 214 valence electrons. The van der Waals surface area contributed by atoms with Crippen molar-refractivity contribution in [2.24, 2.45) is 5.92 Å². The first kappa shape index (κ1) is 27.1. The highest BCUT2D eigenvalue weighted by Crippen LogP contribution is 2.35. The lowest BCUT2D eigenvalue weighted by Gasteiger charge is -2.33. The minimum Gasteiger partial charge on any atom is -0.372 e. The van der Waals surface area contributed by atoms with Gasteiger partial charge in [0.05, 0.1) is 0 Å². The van der Waals surface area contributed by atoms with E-state index in [0.717, 1.165) is 66.5 Å². The van der Waals surface area contributed by atoms with Crippen LogP contribution in [0.25, 0.3) is 33.3 Å². The van der Waals surface area contributed by atoms with Crippen LogP contribution < -0.4 is 21.1 Å². The number of anilines is 3. The molecule has 2 N–H and O–H groups in total. The SMILES string of the molecule is CN(c1ccc(Nc2ncc3cc(-c4ccc(-c5ccsc5)cc4Cl)c(=O)n(CC4CC4)c3n2)cc1)C1CCNCC1. The fraction of sp³-hybridized carbons (Fsp3) is 0.303. The van der Waals surface area contributed by atoms with E-state index in [1.54, 1.807) is 17.5 Å². The number of hydrogen-bond acceptors (Lipinski definition) is 7. The molecule has 0 radical (unpaired) electrons. The van der Waals surface area contributed by atoms with E-state index < -0.39 is 0 Å². The van der Waals surface area contributed by atoms with Gasteiger partial charge in [-0.2, -0.15) is 16.3 Å². The Bertz CT molecular complexity index is 1780. The Hall–Kier alpha value is -3.72. The van der Waals surface area contributed by atoms with E-state index in [1.165, 1.54) is 5.69 Å². The summed E-state index contributed by atoms with van der Waals surface area (Å²) in [6.07, 6.45) is 6.35. The molecule has 7 rings (SSSR count). The van der Waals surface area contributed by atoms with Crippen LogP contribution in [0.5, 0.6) is 0 Å². The normalized spacial score (nSPS) is 15.7. The second kappa shape index (κ2) is 11.5. The van der Waals surface area contributed by atoms with Crippen molar-refractivity contribution < 1.29 is 0 Å². The fourth-order valence-corrected chi connectivity index (χ4v) is 6.74. The number of fused-ring (bicyclic) bond motifs is 1. The molecule has 2 aromatic carbocycles. The summed E-state index contributed by atoms with van der Waals surface area (Å²) < 4.78 is 1.81. The number of thiophene rings is 1. The highest BCUT2D eigenvalue weighted by molar-refractivity contribution is 7.08. The number of hydrogen-bond donors (Lipinski definition) is 2. The molecule has 1 saturated carbocycles. The minimum atomic E-state index is -0.0745. The highest BCUT2D eigenvalue weighted by atomic mass is 35.5. The molecule has 0 amide bonds. The monoisotopic (exact) mass is 596 g/mol. The van der Waals surface area contributed by atoms with Crippen molar-refractivity contribution in [3.05, 3.63) is 86.9 Å². The van der Waals surface area contributed by atoms with Crippen molar-refractivity contribution in [2.75, 3.05) is 30.4 Å². The molecule has 3 aromatic heterocycles. The second-order valence-electron chi connectivity index (χ2n) is 11.4. The van der Waals surface area contributed by atoms with Crippen molar-refractivity contribution >= 4 is 51.3 Å². The van der Waals surface area contributed by atoms with Gasteiger partial charge in [-0.15, -0.1) is 0 Å². The number of piperidine rings is 1. The van der Waals surface area contributed by atoms with Gasteiger partial charge in [-0.1, -0.05) is 23.7 Å². The molecule has 1 aliphatic carbocycles. The van der Waals surface area contributed by atoms with Gasteiger partial charge < -0.3 is 15.5 Å². The Kier molecular flexibility index (Phi) is 7.44. The molecule has 0 unspecified atom stereocenters. The maximum atomic E-state index is 13.9. The summed E-state index contributed by atoms with van der Waals surface area (Å²) in [4.78, 5) is 25.8. The standard InChI is InChI=1S/C33H33ClN6OS/c1-39(27-10-13-35-14-11-27)26-7-5-25(6-8-26)37-33-36-18-24-16-29(32(41)40(31(24)38-33)19-21-2-3-21)28-9-4-22(17-30(28)34)23-12-15-42-20-23/h4-9,12,15-18,20-21,27,35H,2-3,10-11,13-14,19H2,1H3,(H,36,37,38). The molecule has 0 bridgehead atoms. The van der Waals surface area contributed by atoms with Crippen LogP contribution in [0.1, 0.15) is 25.7 Å². The molecule has 1 aliphatic heterocycles. The maximum Gasteiger partial charge on any atom is 0.260 e. The quantitative estimate of drug-likeness (QED) is 0.198. The molecule has 2 aliphatic rings. The number of nitrogens with one attached hydrogen (secondary N) is 2. The summed E-state index contributed by atoms with van der Waals surface area (Å²) >= 11 is 8.42. The summed E-state index contributed by atoms with van der Waals surface area (Å²) in [6, 6.07) is 18.8. The van der Waals surface area contributed by atoms with Crippen LogP contribution in [0.4, 0.5) is 17.3 Å². The smallest absolute Gasteiger partial charge is 0.260 e. The van der Waals surface area contributed by atoms with E-state index in [1.807, 2.05) is 34.2 Å². The van der Waals surface area contributed by atoms with Gasteiger partial charge in [-0.05, 0) is 109 Å². The van der Waals surface area contributed by atoms with E-state index >= 15 is 0 Å². The Balaban J connectivity index is 1.19. The van der Waals surface area contributed by atoms with Crippen molar-refractivity contribution in [2.45, 2.75) is 38.3 Å². The summed E-state index contributed by atoms with van der Waals surface area (Å²) in [7, 11) is 2.17. The predicted molar refractivity (Wildman–Crippen MR) is 174 cm³/mol. The van der Waals surface area contributed by atoms with Crippen molar-refractivity contribution in [3.8, 4) is 22.3 Å². The first-order valence-corrected chi connectivity index (χ1v) is 15.9. The molecule has 7 nitrogen and oxygen atoms in total. The maximum absolute atomic E-state index is 13.9. The Morgan fingerprint density at radius 3 is 2.55 bits per heavy atom. The largest absolute Gasteiger partial charge is 0.372 e. The zero-order chi connectivity index (χ0) is 28.6. The molecule has 0 spiro atoms. The Morgan fingerprint density at radius 2 is 1.83 bits per heavy atom. The predicted octanol–water partition coefficient (Wildman–Crippen LogP) is 7.18. The van der Waals surface area contributed by atoms with Crippen LogP contribution in [0.2, 0.25) is 5.02 Å². The molecule has 9 heteroatoms. The summed E-state index contributed by atoms with van der Waals surface area (Å²) in [6.45, 7) is 2.77. The topological polar surface area (TPSA) is 75.1 Å². The average Bonchev–Trinajstić information content (AvgIpc) is 3.67. The van der Waals surface area contributed by atoms with E-state index in [0.29, 0.717) is 40.7 Å². The molecule has 4 heterocycles. The van der Waals surface area contributed by atoms with Gasteiger partial charge in [0.1, 0.15) is 5.65 Å². The Labute approximate surface area is 254 Å². The first-order chi connectivity index (χ1) is 20.5. The third kappa shape index (κ3) is 5.54. The van der Waals surface area contributed by atoms with E-state index in [4.69, 9.17) is 16.6 Å². The minimum absolute atomic E-state index is 0.0745. The molecule has 5 aromatic rings. The zero-order valence-corrected chi connectivity index (χ0v) is 25.1. The van der Waals surface area contributed by atoms with Crippen LogP contribution in [0.3, 0.4) is 0 Å². The number of halogens is 1. The zero-order valence-electron chi connectivity index (χ0n) is 23.5. The second-order valence-corrected chi connectivity index (χ2v) is 12.5. The molecular formula is C33H33ClN6OS. The molecule has 2 fully saturated rings. The number of benzene rings is 2. The van der Waals surface area contributed by atoms with Crippen LogP contribution in [0.15, 0.2) is 76.3 Å². The van der Waals surface area contributed by atoms with Crippen molar-refractivity contribution in [1.82, 2.24) is 19.9 Å². The lowest BCUT2D eigenvalue weighted by molar-refractivity contribution is 0.443. The average molecular weight is 597 g/mol. The van der Waals surface area contributed by atoms with Gasteiger partial charge in [0.15, 0.2) is 0 Å². The van der Waals surface area contributed by atoms with Gasteiger partial charge in [-0.3, -0.25) is 9.36 Å². The molecular weight excluding hydrogens is 564 g/mol. The van der Waals surface area contributed by atoms with Gasteiger partial charge in [0.2, 0.25) is 5.95 Å². The lowest BCUT2D eigenvalue weighted by Crippen LogP contribution is -2.41. The van der Waals surface area contributed by atoms with E-state index in [9.17, 15) is 4.79 Å². The van der Waals surface area contributed by atoms with Crippen molar-refractivity contribution in [1.29, 1.82) is 0 Å². The number of pyridine rings is 1. The molecule has 42 heavy (non-hydrogen) atoms. The van der Waals surface area contributed by atoms with E-state index in [2.05, 4.69) is 63.3 Å². The lowest BCUT2D eigenvalue weighted by atomic mass is 10.0. The van der Waals surface area contributed by atoms with Crippen LogP contribution in [-0.4, -0.2) is 40.7 Å². The van der Waals surface area contributed by atoms with Gasteiger partial charge in [0.25, 0.3) is 5.56 Å². The first-order valence-electron chi connectivity index (χ1n) is 14.6. The summed E-state index contributed by atoms with van der Waals surface area (Å²) in [5, 5.41) is 12.3. The highest BCUT2D eigenvalue weighted by Gasteiger charge is 2.25. The van der Waals surface area contributed by atoms with Crippen molar-refractivity contribution in [3.63, 3.8) is 0 Å². The third-order valence-corrected chi connectivity index (χ3v) is 9.46. The fourth-order valence-electron chi connectivity index (χ4n) is 5.80. The number of nitrogens with zero attached hydrogens (tertiary/aromatic N) is 4. The van der Waals surface area contributed by atoms with Gasteiger partial charge in [-0.25, -0.2) is 4.98 Å². The molecule has 0 atom stereocenters. The van der Waals surface area contributed by atoms with Crippen LogP contribution in [0, 0.1) is 5.92 Å². The number of rotatable bonds is 8. The summed E-state index contributed by atoms with van der Waals surface area (Å²) in [5.41, 5.74) is 6.12. The van der Waals surface area contributed by atoms with Gasteiger partial charge >= 0.3 is 0 Å². The third-order valence-electron chi connectivity index (χ3n) is 8.47. The number of aromatic nitrogens is 3. The van der Waals surface area contributed by atoms with Gasteiger partial charge in [0, 0.05) is 58.7 Å². The summed E-state index contributed by atoms with van der Waals surface area (Å²) in [5.74, 6) is 0.963. The van der Waals surface area contributed by atoms with Crippen LogP contribution >= 0.6 is 22.9 Å².